The van der Waals surface area contributed by atoms with Gasteiger partial charge in [-0.05, 0) is 6.42 Å². The Bertz CT molecular complexity index is 558. The summed E-state index contributed by atoms with van der Waals surface area (Å²) in [6.07, 6.45) is 4.60. The molecule has 4 N–H and O–H groups in total. The first-order valence-electron chi connectivity index (χ1n) is 13.6. The van der Waals surface area contributed by atoms with Gasteiger partial charge in [0.25, 0.3) is 0 Å². The minimum Gasteiger partial charge on any atom is -0.308 e. The van der Waals surface area contributed by atoms with Crippen molar-refractivity contribution in [2.45, 2.75) is 160 Å². The van der Waals surface area contributed by atoms with Crippen molar-refractivity contribution in [1.29, 1.82) is 0 Å². The highest BCUT2D eigenvalue weighted by Crippen LogP contribution is 2.39. The van der Waals surface area contributed by atoms with E-state index in [-0.39, 0.29) is 6.42 Å². The van der Waals surface area contributed by atoms with E-state index in [1.54, 1.807) is 13.8 Å². The Morgan fingerprint density at radius 2 is 0.892 bits per heavy atom. The molecule has 0 unspecified atom stereocenters. The van der Waals surface area contributed by atoms with Gasteiger partial charge in [0.2, 0.25) is 0 Å². The van der Waals surface area contributed by atoms with Crippen LogP contribution in [0.25, 0.3) is 0 Å². The van der Waals surface area contributed by atoms with Crippen LogP contribution in [0.15, 0.2) is 0 Å². The molecule has 0 saturated heterocycles. The maximum absolute atomic E-state index is 13.1. The molecule has 226 valence electrons. The molecule has 37 heavy (non-hydrogen) atoms. The molecule has 0 bridgehead atoms. The predicted octanol–water partition coefficient (Wildman–Crippen LogP) is 8.96. The van der Waals surface area contributed by atoms with Crippen LogP contribution in [0.1, 0.15) is 136 Å². The fraction of sp³-hybridized carbons (Fsp3) is 1.00. The largest absolute Gasteiger partial charge is 0.466 e. The number of halogens is 6. The van der Waals surface area contributed by atoms with E-state index in [0.29, 0.717) is 12.8 Å². The number of hydrogen-bond donors (Lipinski definition) is 4. The maximum atomic E-state index is 13.1. The van der Waals surface area contributed by atoms with Crippen LogP contribution in [0.5, 0.6) is 0 Å². The zero-order chi connectivity index (χ0) is 29.0. The smallest absolute Gasteiger partial charge is 0.308 e. The molecule has 0 rings (SSSR count). The first-order valence-corrected chi connectivity index (χ1v) is 15.1. The number of hydrogen-bond acceptors (Lipinski definition) is 2. The molecule has 5 nitrogen and oxygen atoms in total. The third-order valence-electron chi connectivity index (χ3n) is 5.93. The van der Waals surface area contributed by atoms with Crippen LogP contribution in [0.2, 0.25) is 0 Å². The molecule has 0 saturated carbocycles. The van der Waals surface area contributed by atoms with Gasteiger partial charge in [0.05, 0.1) is 12.8 Å². The Labute approximate surface area is 219 Å². The van der Waals surface area contributed by atoms with E-state index in [4.69, 9.17) is 19.2 Å². The number of nitrogens with one attached hydrogen (secondary N) is 1. The van der Waals surface area contributed by atoms with Gasteiger partial charge in [0, 0.05) is 11.6 Å². The van der Waals surface area contributed by atoms with Crippen molar-refractivity contribution in [3.8, 4) is 0 Å². The summed E-state index contributed by atoms with van der Waals surface area (Å²) in [5.41, 5.74) is -1.97. The summed E-state index contributed by atoms with van der Waals surface area (Å²) in [4.78, 5) is 21.6. The fourth-order valence-electron chi connectivity index (χ4n) is 4.63. The average molecular weight is 574 g/mol. The number of phosphoric acid groups is 1. The Balaban J connectivity index is 0. The van der Waals surface area contributed by atoms with Gasteiger partial charge >= 0.3 is 20.2 Å². The van der Waals surface area contributed by atoms with Gasteiger partial charge in [-0.1, -0.05) is 117 Å². The van der Waals surface area contributed by atoms with E-state index in [1.165, 1.54) is 57.8 Å². The molecule has 0 aromatic carbocycles. The molecule has 12 heteroatoms. The summed E-state index contributed by atoms with van der Waals surface area (Å²) in [5.74, 6) is 0. The van der Waals surface area contributed by atoms with Crippen LogP contribution < -0.4 is 5.32 Å². The molecule has 0 heterocycles. The second kappa shape index (κ2) is 20.5. The van der Waals surface area contributed by atoms with Gasteiger partial charge in [0.15, 0.2) is 0 Å². The van der Waals surface area contributed by atoms with Crippen molar-refractivity contribution in [3.63, 3.8) is 0 Å². The number of unbranched alkanes of at least 4 members (excludes halogenated alkanes) is 14. The van der Waals surface area contributed by atoms with Crippen LogP contribution in [0, 0.1) is 0 Å². The molecule has 0 aliphatic rings. The third kappa shape index (κ3) is 33.6. The van der Waals surface area contributed by atoms with E-state index < -0.39 is 44.6 Å². The second-order valence-electron chi connectivity index (χ2n) is 10.4. The molecular weight excluding hydrogens is 523 g/mol. The number of rotatable bonds is 20. The summed E-state index contributed by atoms with van der Waals surface area (Å²) in [6, 6.07) is -0.448. The van der Waals surface area contributed by atoms with E-state index in [2.05, 4.69) is 12.2 Å². The molecular formula is C25H50F6NO4P. The molecule has 0 aromatic rings. The second-order valence-corrected chi connectivity index (χ2v) is 11.4. The Morgan fingerprint density at radius 1 is 0.622 bits per heavy atom. The summed E-state index contributed by atoms with van der Waals surface area (Å²) < 4.78 is 87.3. The minimum atomic E-state index is -4.64. The molecule has 0 amide bonds. The quantitative estimate of drug-likeness (QED) is 0.0663. The fourth-order valence-corrected chi connectivity index (χ4v) is 4.63. The minimum absolute atomic E-state index is 0.109. The summed E-state index contributed by atoms with van der Waals surface area (Å²) in [5, 5.41) is 2.62. The molecule has 0 aliphatic carbocycles. The Morgan fingerprint density at radius 3 is 1.14 bits per heavy atom. The van der Waals surface area contributed by atoms with E-state index >= 15 is 0 Å². The maximum Gasteiger partial charge on any atom is 0.466 e. The summed E-state index contributed by atoms with van der Waals surface area (Å²) in [6.45, 7) is 5.40. The van der Waals surface area contributed by atoms with Crippen LogP contribution in [-0.2, 0) is 4.57 Å². The van der Waals surface area contributed by atoms with Crippen molar-refractivity contribution in [3.05, 3.63) is 0 Å². The topological polar surface area (TPSA) is 89.8 Å². The van der Waals surface area contributed by atoms with Crippen molar-refractivity contribution in [2.75, 3.05) is 0 Å². The van der Waals surface area contributed by atoms with E-state index in [0.717, 1.165) is 25.7 Å². The molecule has 0 spiro atoms. The highest BCUT2D eigenvalue weighted by atomic mass is 31.2. The first-order chi connectivity index (χ1) is 16.9. The standard InChI is InChI=1S/C25H47F6N.H3O4P/c1-4-5-6-7-8-9-10-11-12-13-14-15-16-17-18-19-23(32-22(2)3,20-24(26,27)28)21-25(29,30)31;1-5(2,3)4/h22,32H,4-21H2,1-3H3;(H3,1,2,3,4). The van der Waals surface area contributed by atoms with Gasteiger partial charge in [-0.15, -0.1) is 0 Å². The van der Waals surface area contributed by atoms with Gasteiger partial charge in [-0.25, -0.2) is 4.57 Å². The van der Waals surface area contributed by atoms with E-state index in [9.17, 15) is 26.3 Å². The number of alkyl halides is 6. The lowest BCUT2D eigenvalue weighted by atomic mass is 9.84. The van der Waals surface area contributed by atoms with Gasteiger partial charge in [0.1, 0.15) is 0 Å². The highest BCUT2D eigenvalue weighted by Gasteiger charge is 2.48. The molecule has 0 aromatic heterocycles. The van der Waals surface area contributed by atoms with Gasteiger partial charge in [-0.3, -0.25) is 0 Å². The highest BCUT2D eigenvalue weighted by molar-refractivity contribution is 7.45. The van der Waals surface area contributed by atoms with Crippen LogP contribution >= 0.6 is 7.82 Å². The molecule has 0 atom stereocenters. The zero-order valence-corrected chi connectivity index (χ0v) is 23.7. The molecule has 0 radical (unpaired) electrons. The van der Waals surface area contributed by atoms with Crippen molar-refractivity contribution in [2.24, 2.45) is 0 Å². The molecule has 0 aliphatic heterocycles. The van der Waals surface area contributed by atoms with Crippen LogP contribution in [0.3, 0.4) is 0 Å². The predicted molar refractivity (Wildman–Crippen MR) is 136 cm³/mol. The summed E-state index contributed by atoms with van der Waals surface area (Å²) in [7, 11) is -4.64. The van der Waals surface area contributed by atoms with Crippen molar-refractivity contribution < 1.29 is 45.6 Å². The van der Waals surface area contributed by atoms with Crippen LogP contribution in [0.4, 0.5) is 26.3 Å². The SMILES string of the molecule is CCCCCCCCCCCCCCCCCC(CC(F)(F)F)(CC(F)(F)F)NC(C)C.O=P(O)(O)O. The lowest BCUT2D eigenvalue weighted by molar-refractivity contribution is -0.184. The van der Waals surface area contributed by atoms with Gasteiger partial charge < -0.3 is 20.0 Å². The van der Waals surface area contributed by atoms with Crippen molar-refractivity contribution >= 4 is 7.82 Å². The van der Waals surface area contributed by atoms with Crippen molar-refractivity contribution in [1.82, 2.24) is 5.32 Å². The average Bonchev–Trinajstić information content (AvgIpc) is 2.66. The Hall–Kier alpha value is -0.350. The lowest BCUT2D eigenvalue weighted by Crippen LogP contribution is -2.53. The molecule has 0 fully saturated rings. The summed E-state index contributed by atoms with van der Waals surface area (Å²) >= 11 is 0. The van der Waals surface area contributed by atoms with Gasteiger partial charge in [-0.2, -0.15) is 26.3 Å². The normalized spacial score (nSPS) is 13.1. The first kappa shape index (κ1) is 38.8. The Kier molecular flexibility index (Phi) is 21.5. The zero-order valence-electron chi connectivity index (χ0n) is 22.8. The van der Waals surface area contributed by atoms with E-state index in [1.807, 2.05) is 0 Å². The monoisotopic (exact) mass is 573 g/mol. The lowest BCUT2D eigenvalue weighted by Gasteiger charge is -2.38. The third-order valence-corrected chi connectivity index (χ3v) is 5.93. The van der Waals surface area contributed by atoms with Crippen LogP contribution in [-0.4, -0.2) is 38.6 Å².